The van der Waals surface area contributed by atoms with E-state index in [1.54, 1.807) is 0 Å². The van der Waals surface area contributed by atoms with Crippen molar-refractivity contribution in [3.05, 3.63) is 25.3 Å². The van der Waals surface area contributed by atoms with E-state index in [0.29, 0.717) is 0 Å². The SMILES string of the molecule is Nc1ncnc2c1ncn2[C@@H]1O[C@@H]2CO[P@](=O)(S)O[C@H]3C(O)[C@@H](COP(=O)(O)O[C@@H]2C1F)O[C@H]3n1cnc2c(N)ncnc21. The van der Waals surface area contributed by atoms with Crippen LogP contribution < -0.4 is 11.5 Å². The molecule has 2 bridgehead atoms. The third kappa shape index (κ3) is 5.14. The number of aliphatic hydroxyl groups is 1. The van der Waals surface area contributed by atoms with Crippen LogP contribution in [0.1, 0.15) is 12.5 Å². The maximum absolute atomic E-state index is 15.9. The number of thiol groups is 1. The molecule has 3 aliphatic rings. The molecule has 24 heteroatoms. The van der Waals surface area contributed by atoms with Crippen molar-refractivity contribution in [3.63, 3.8) is 0 Å². The summed E-state index contributed by atoms with van der Waals surface area (Å²) < 4.78 is 78.0. The number of nitrogens with zero attached hydrogens (tertiary/aromatic N) is 8. The summed E-state index contributed by atoms with van der Waals surface area (Å²) in [5.41, 5.74) is 12.4. The minimum Gasteiger partial charge on any atom is -0.387 e. The molecule has 20 nitrogen and oxygen atoms in total. The fourth-order valence-electron chi connectivity index (χ4n) is 5.19. The van der Waals surface area contributed by atoms with Crippen LogP contribution in [0, 0.1) is 0 Å². The van der Waals surface area contributed by atoms with E-state index in [2.05, 4.69) is 42.2 Å². The fraction of sp³-hybridized carbons (Fsp3) is 0.500. The van der Waals surface area contributed by atoms with E-state index in [9.17, 15) is 19.1 Å². The first-order valence-corrected chi connectivity index (χ1v) is 16.9. The van der Waals surface area contributed by atoms with Crippen LogP contribution in [0.15, 0.2) is 25.3 Å². The number of ether oxygens (including phenoxy) is 2. The molecule has 0 aliphatic carbocycles. The van der Waals surface area contributed by atoms with Crippen LogP contribution in [-0.2, 0) is 36.7 Å². The van der Waals surface area contributed by atoms with Gasteiger partial charge in [-0.05, 0) is 0 Å². The van der Waals surface area contributed by atoms with Crippen molar-refractivity contribution < 1.29 is 51.1 Å². The number of anilines is 2. The molecule has 0 saturated carbocycles. The van der Waals surface area contributed by atoms with Gasteiger partial charge in [-0.3, -0.25) is 27.2 Å². The van der Waals surface area contributed by atoms with Crippen molar-refractivity contribution in [2.45, 2.75) is 49.1 Å². The summed E-state index contributed by atoms with van der Waals surface area (Å²) in [5, 5.41) is 11.1. The summed E-state index contributed by atoms with van der Waals surface area (Å²) >= 11 is 4.04. The van der Waals surface area contributed by atoms with Crippen LogP contribution >= 0.6 is 26.9 Å². The van der Waals surface area contributed by atoms with Crippen LogP contribution in [-0.4, -0.2) is 98.9 Å². The lowest BCUT2D eigenvalue weighted by molar-refractivity contribution is -0.0619. The van der Waals surface area contributed by atoms with Crippen molar-refractivity contribution in [1.82, 2.24) is 39.0 Å². The lowest BCUT2D eigenvalue weighted by Gasteiger charge is -2.26. The van der Waals surface area contributed by atoms with E-state index in [-0.39, 0.29) is 34.0 Å². The Hall–Kier alpha value is -2.88. The summed E-state index contributed by atoms with van der Waals surface area (Å²) in [6.45, 7) is -5.84. The van der Waals surface area contributed by atoms with Gasteiger partial charge in [-0.15, -0.1) is 0 Å². The molecule has 236 valence electrons. The standard InChI is InChI=1S/C20H23FN10O10P2S/c21-9-13-8(39-19(9)30-5-28-10-15(22)24-3-26-17(10)30)2-37-43(35,44)41-14-12(32)7(1-36-42(33,34)40-13)38-20(14)31-6-29-11-16(23)25-4-27-18(11)31/h3-9,12-14,19-20,32H,1-2H2,(H,33,34)(H,35,44)(H2,22,24,26)(H2,23,25,27)/t7-,8-,9?,12?,13+,14+,19-,20-,43+/m1/s1. The Labute approximate surface area is 250 Å². The predicted octanol–water partition coefficient (Wildman–Crippen LogP) is 0.280. The minimum absolute atomic E-state index is 0.0302. The Morgan fingerprint density at radius 3 is 2.05 bits per heavy atom. The Bertz CT molecular complexity index is 1830. The first kappa shape index (κ1) is 29.8. The number of imidazole rings is 2. The van der Waals surface area contributed by atoms with E-state index < -0.39 is 77.0 Å². The fourth-order valence-corrected chi connectivity index (χ4v) is 7.60. The van der Waals surface area contributed by atoms with Gasteiger partial charge in [-0.2, -0.15) is 0 Å². The quantitative estimate of drug-likeness (QED) is 0.141. The molecule has 0 aromatic carbocycles. The van der Waals surface area contributed by atoms with Crippen molar-refractivity contribution in [1.29, 1.82) is 0 Å². The summed E-state index contributed by atoms with van der Waals surface area (Å²) in [5.74, 6) is 0.0891. The number of hydrogen-bond acceptors (Lipinski definition) is 17. The molecule has 7 rings (SSSR count). The van der Waals surface area contributed by atoms with Gasteiger partial charge in [-0.1, -0.05) is 12.2 Å². The molecule has 0 spiro atoms. The molecule has 3 fully saturated rings. The molecular formula is C20H23FN10O10P2S. The first-order chi connectivity index (χ1) is 20.9. The Balaban J connectivity index is 1.20. The Morgan fingerprint density at radius 1 is 0.841 bits per heavy atom. The van der Waals surface area contributed by atoms with Crippen LogP contribution in [0.3, 0.4) is 0 Å². The molecule has 3 saturated heterocycles. The van der Waals surface area contributed by atoms with E-state index >= 15 is 4.39 Å². The molecule has 3 aliphatic heterocycles. The van der Waals surface area contributed by atoms with Gasteiger partial charge in [0.05, 0.1) is 25.9 Å². The van der Waals surface area contributed by atoms with Crippen molar-refractivity contribution >= 4 is 60.8 Å². The van der Waals surface area contributed by atoms with Crippen LogP contribution in [0.25, 0.3) is 22.3 Å². The zero-order valence-corrected chi connectivity index (χ0v) is 24.6. The van der Waals surface area contributed by atoms with Gasteiger partial charge < -0.3 is 30.9 Å². The Kier molecular flexibility index (Phi) is 7.37. The number of rotatable bonds is 2. The molecular weight excluding hydrogens is 653 g/mol. The summed E-state index contributed by atoms with van der Waals surface area (Å²) in [7, 11) is -5.06. The lowest BCUT2D eigenvalue weighted by Crippen LogP contribution is -2.35. The third-order valence-electron chi connectivity index (χ3n) is 7.22. The molecule has 0 amide bonds. The lowest BCUT2D eigenvalue weighted by atomic mass is 10.1. The third-order valence-corrected chi connectivity index (χ3v) is 9.82. The molecule has 0 radical (unpaired) electrons. The van der Waals surface area contributed by atoms with Gasteiger partial charge in [0.15, 0.2) is 41.6 Å². The van der Waals surface area contributed by atoms with E-state index in [1.807, 2.05) is 0 Å². The zero-order chi connectivity index (χ0) is 31.0. The average Bonchev–Trinajstić information content (AvgIpc) is 3.73. The first-order valence-electron chi connectivity index (χ1n) is 12.7. The highest BCUT2D eigenvalue weighted by atomic mass is 32.7. The number of phosphoric ester groups is 1. The zero-order valence-electron chi connectivity index (χ0n) is 22.0. The van der Waals surface area contributed by atoms with Gasteiger partial charge >= 0.3 is 14.6 Å². The molecule has 7 heterocycles. The minimum atomic E-state index is -5.06. The molecule has 4 aromatic rings. The largest absolute Gasteiger partial charge is 0.472 e. The number of nitrogens with two attached hydrogens (primary N) is 2. The van der Waals surface area contributed by atoms with Crippen molar-refractivity contribution in [2.24, 2.45) is 0 Å². The summed E-state index contributed by atoms with van der Waals surface area (Å²) in [6, 6.07) is 0. The van der Waals surface area contributed by atoms with Crippen LogP contribution in [0.2, 0.25) is 0 Å². The van der Waals surface area contributed by atoms with Gasteiger partial charge in [0, 0.05) is 0 Å². The highest BCUT2D eigenvalue weighted by Gasteiger charge is 2.54. The van der Waals surface area contributed by atoms with Crippen molar-refractivity contribution in [2.75, 3.05) is 24.7 Å². The highest BCUT2D eigenvalue weighted by molar-refractivity contribution is 8.44. The van der Waals surface area contributed by atoms with E-state index in [4.69, 9.17) is 39.0 Å². The second-order valence-electron chi connectivity index (χ2n) is 9.90. The highest BCUT2D eigenvalue weighted by Crippen LogP contribution is 2.58. The second-order valence-corrected chi connectivity index (χ2v) is 14.2. The maximum Gasteiger partial charge on any atom is 0.472 e. The number of alkyl halides is 1. The van der Waals surface area contributed by atoms with Gasteiger partial charge in [-0.25, -0.2) is 43.4 Å². The predicted molar refractivity (Wildman–Crippen MR) is 146 cm³/mol. The van der Waals surface area contributed by atoms with Gasteiger partial charge in [0.25, 0.3) is 0 Å². The van der Waals surface area contributed by atoms with Gasteiger partial charge in [0.1, 0.15) is 54.2 Å². The summed E-state index contributed by atoms with van der Waals surface area (Å²) in [6.07, 6.45) is -7.80. The van der Waals surface area contributed by atoms with Gasteiger partial charge in [0.2, 0.25) is 0 Å². The number of halogens is 1. The molecule has 10 atom stereocenters. The molecule has 4 aromatic heterocycles. The number of phosphoric acid groups is 1. The molecule has 6 N–H and O–H groups in total. The molecule has 3 unspecified atom stereocenters. The van der Waals surface area contributed by atoms with Crippen LogP contribution in [0.5, 0.6) is 0 Å². The molecule has 44 heavy (non-hydrogen) atoms. The Morgan fingerprint density at radius 2 is 1.41 bits per heavy atom. The van der Waals surface area contributed by atoms with E-state index in [0.717, 1.165) is 6.33 Å². The summed E-state index contributed by atoms with van der Waals surface area (Å²) in [4.78, 5) is 34.7. The second kappa shape index (κ2) is 10.9. The number of fused-ring (bicyclic) bond motifs is 5. The van der Waals surface area contributed by atoms with Crippen molar-refractivity contribution in [3.8, 4) is 0 Å². The number of nitrogen functional groups attached to an aromatic ring is 2. The topological polar surface area (TPSA) is 269 Å². The normalized spacial score (nSPS) is 38.3. The number of hydrogen-bond donors (Lipinski definition) is 5. The number of aliphatic hydroxyl groups excluding tert-OH is 1. The number of aromatic nitrogens is 8. The van der Waals surface area contributed by atoms with E-state index in [1.165, 1.54) is 28.1 Å². The smallest absolute Gasteiger partial charge is 0.387 e. The average molecular weight is 676 g/mol. The van der Waals surface area contributed by atoms with Crippen LogP contribution in [0.4, 0.5) is 16.0 Å². The maximum atomic E-state index is 15.9. The monoisotopic (exact) mass is 676 g/mol.